The maximum atomic E-state index is 11.7. The minimum absolute atomic E-state index is 0.136. The first-order valence-corrected chi connectivity index (χ1v) is 6.14. The molecule has 0 spiro atoms. The van der Waals surface area contributed by atoms with Gasteiger partial charge in [-0.3, -0.25) is 4.79 Å². The van der Waals surface area contributed by atoms with E-state index in [1.165, 1.54) is 11.8 Å². The van der Waals surface area contributed by atoms with Crippen molar-refractivity contribution < 1.29 is 9.63 Å². The van der Waals surface area contributed by atoms with Gasteiger partial charge < -0.3 is 10.2 Å². The summed E-state index contributed by atoms with van der Waals surface area (Å²) in [6.45, 7) is 0. The van der Waals surface area contributed by atoms with Gasteiger partial charge in [0.05, 0.1) is 6.42 Å². The van der Waals surface area contributed by atoms with Crippen LogP contribution in [0.5, 0.6) is 0 Å². The number of nitrogens with zero attached hydrogens (tertiary/aromatic N) is 1. The van der Waals surface area contributed by atoms with Gasteiger partial charge in [0.1, 0.15) is 5.04 Å². The number of nitrogens with one attached hydrogen (secondary N) is 1. The molecule has 1 aromatic rings. The molecule has 0 bridgehead atoms. The van der Waals surface area contributed by atoms with Gasteiger partial charge >= 0.3 is 0 Å². The molecule has 0 saturated heterocycles. The number of thioether (sulfide) groups is 1. The van der Waals surface area contributed by atoms with E-state index in [1.807, 2.05) is 24.5 Å². The fraction of sp³-hybridized carbons (Fsp3) is 0.273. The van der Waals surface area contributed by atoms with E-state index in [4.69, 9.17) is 4.84 Å². The van der Waals surface area contributed by atoms with Gasteiger partial charge in [0.2, 0.25) is 6.23 Å². The summed E-state index contributed by atoms with van der Waals surface area (Å²) in [5.41, 5.74) is 0.628. The molecular weight excluding hydrogens is 224 g/mol. The van der Waals surface area contributed by atoms with Crippen LogP contribution in [0, 0.1) is 0 Å². The molecule has 0 radical (unpaired) electrons. The number of oxime groups is 1. The van der Waals surface area contributed by atoms with E-state index in [-0.39, 0.29) is 12.1 Å². The normalized spacial score (nSPS) is 18.8. The Balaban J connectivity index is 1.90. The fourth-order valence-corrected chi connectivity index (χ4v) is 1.81. The lowest BCUT2D eigenvalue weighted by Gasteiger charge is -2.10. The van der Waals surface area contributed by atoms with Gasteiger partial charge in [0.15, 0.2) is 0 Å². The zero-order valence-electron chi connectivity index (χ0n) is 8.84. The van der Waals surface area contributed by atoms with Crippen molar-refractivity contribution in [2.45, 2.75) is 12.6 Å². The molecule has 0 saturated carbocycles. The van der Waals surface area contributed by atoms with Gasteiger partial charge in [-0.15, -0.1) is 11.8 Å². The summed E-state index contributed by atoms with van der Waals surface area (Å²) in [6.07, 6.45) is 2.23. The number of hydrogen-bond donors (Lipinski definition) is 1. The molecule has 1 atom stereocenters. The molecule has 84 valence electrons. The number of carbonyl (C=O) groups is 1. The molecule has 1 aliphatic heterocycles. The van der Waals surface area contributed by atoms with Crippen LogP contribution in [0.4, 0.5) is 0 Å². The van der Waals surface area contributed by atoms with E-state index in [0.29, 0.717) is 12.0 Å². The standard InChI is InChI=1S/C11H12N2O2S/c1-16-10-7-9(15-13-10)12-11(14)8-5-3-2-4-6-8/h2-6,9H,7H2,1H3,(H,12,14). The quantitative estimate of drug-likeness (QED) is 0.852. The molecule has 5 heteroatoms. The van der Waals surface area contributed by atoms with Crippen molar-refractivity contribution in [3.8, 4) is 0 Å². The summed E-state index contributed by atoms with van der Waals surface area (Å²) in [6, 6.07) is 9.06. The van der Waals surface area contributed by atoms with Gasteiger partial charge in [-0.05, 0) is 18.4 Å². The van der Waals surface area contributed by atoms with Crippen molar-refractivity contribution in [3.63, 3.8) is 0 Å². The molecule has 1 N–H and O–H groups in total. The Morgan fingerprint density at radius 1 is 1.50 bits per heavy atom. The van der Waals surface area contributed by atoms with Crippen LogP contribution in [0.1, 0.15) is 16.8 Å². The van der Waals surface area contributed by atoms with Crippen LogP contribution in [0.2, 0.25) is 0 Å². The van der Waals surface area contributed by atoms with Crippen molar-refractivity contribution in [2.75, 3.05) is 6.26 Å². The topological polar surface area (TPSA) is 50.7 Å². The molecule has 0 fully saturated rings. The van der Waals surface area contributed by atoms with Crippen molar-refractivity contribution >= 4 is 22.7 Å². The summed E-state index contributed by atoms with van der Waals surface area (Å²) < 4.78 is 0. The van der Waals surface area contributed by atoms with Crippen LogP contribution in [0.3, 0.4) is 0 Å². The van der Waals surface area contributed by atoms with Crippen LogP contribution < -0.4 is 5.32 Å². The van der Waals surface area contributed by atoms with Crippen molar-refractivity contribution in [3.05, 3.63) is 35.9 Å². The SMILES string of the molecule is CSC1=NOC(NC(=O)c2ccccc2)C1. The van der Waals surface area contributed by atoms with E-state index in [9.17, 15) is 4.79 Å². The Labute approximate surface area is 98.0 Å². The van der Waals surface area contributed by atoms with E-state index in [0.717, 1.165) is 5.04 Å². The molecule has 1 unspecified atom stereocenters. The van der Waals surface area contributed by atoms with Gasteiger partial charge in [-0.2, -0.15) is 0 Å². The van der Waals surface area contributed by atoms with E-state index in [2.05, 4.69) is 10.5 Å². The second-order valence-corrected chi connectivity index (χ2v) is 4.21. The number of rotatable bonds is 2. The van der Waals surface area contributed by atoms with Crippen molar-refractivity contribution in [1.82, 2.24) is 5.32 Å². The Hall–Kier alpha value is -1.49. The largest absolute Gasteiger partial charge is 0.369 e. The Kier molecular flexibility index (Phi) is 3.46. The summed E-state index contributed by atoms with van der Waals surface area (Å²) in [5.74, 6) is -0.136. The van der Waals surface area contributed by atoms with Crippen molar-refractivity contribution in [2.24, 2.45) is 5.16 Å². The van der Waals surface area contributed by atoms with Crippen LogP contribution in [0.15, 0.2) is 35.5 Å². The monoisotopic (exact) mass is 236 g/mol. The average molecular weight is 236 g/mol. The van der Waals surface area contributed by atoms with Crippen LogP contribution >= 0.6 is 11.8 Å². The van der Waals surface area contributed by atoms with E-state index in [1.54, 1.807) is 12.1 Å². The minimum atomic E-state index is -0.338. The predicted octanol–water partition coefficient (Wildman–Crippen LogP) is 1.84. The molecule has 4 nitrogen and oxygen atoms in total. The lowest BCUT2D eigenvalue weighted by atomic mass is 10.2. The molecule has 0 aliphatic carbocycles. The Morgan fingerprint density at radius 2 is 2.25 bits per heavy atom. The Morgan fingerprint density at radius 3 is 2.88 bits per heavy atom. The van der Waals surface area contributed by atoms with Crippen LogP contribution in [-0.4, -0.2) is 23.4 Å². The first kappa shape index (κ1) is 11.0. The number of carbonyl (C=O) groups excluding carboxylic acids is 1. The summed E-state index contributed by atoms with van der Waals surface area (Å²) in [7, 11) is 0. The Bertz CT molecular complexity index is 406. The lowest BCUT2D eigenvalue weighted by Crippen LogP contribution is -2.34. The average Bonchev–Trinajstić information content (AvgIpc) is 2.78. The highest BCUT2D eigenvalue weighted by molar-refractivity contribution is 8.13. The fourth-order valence-electron chi connectivity index (χ4n) is 1.37. The highest BCUT2D eigenvalue weighted by atomic mass is 32.2. The zero-order valence-corrected chi connectivity index (χ0v) is 9.66. The smallest absolute Gasteiger partial charge is 0.254 e. The molecule has 1 aliphatic rings. The highest BCUT2D eigenvalue weighted by Gasteiger charge is 2.22. The summed E-state index contributed by atoms with van der Waals surface area (Å²) in [4.78, 5) is 16.8. The maximum absolute atomic E-state index is 11.7. The van der Waals surface area contributed by atoms with Gasteiger partial charge in [-0.1, -0.05) is 23.4 Å². The second-order valence-electron chi connectivity index (χ2n) is 3.33. The van der Waals surface area contributed by atoms with E-state index < -0.39 is 0 Å². The molecular formula is C11H12N2O2S. The molecule has 1 heterocycles. The first-order valence-electron chi connectivity index (χ1n) is 4.92. The third-order valence-corrected chi connectivity index (χ3v) is 2.92. The summed E-state index contributed by atoms with van der Waals surface area (Å²) >= 11 is 1.53. The maximum Gasteiger partial charge on any atom is 0.254 e. The third-order valence-electron chi connectivity index (χ3n) is 2.21. The number of amides is 1. The zero-order chi connectivity index (χ0) is 11.4. The molecule has 2 rings (SSSR count). The molecule has 16 heavy (non-hydrogen) atoms. The summed E-state index contributed by atoms with van der Waals surface area (Å²) in [5, 5.41) is 7.52. The lowest BCUT2D eigenvalue weighted by molar-refractivity contribution is 0.0502. The number of hydrogen-bond acceptors (Lipinski definition) is 4. The molecule has 1 aromatic carbocycles. The van der Waals surface area contributed by atoms with Crippen LogP contribution in [-0.2, 0) is 4.84 Å². The number of benzene rings is 1. The third kappa shape index (κ3) is 2.55. The second kappa shape index (κ2) is 5.03. The minimum Gasteiger partial charge on any atom is -0.369 e. The van der Waals surface area contributed by atoms with Gasteiger partial charge in [0, 0.05) is 5.56 Å². The van der Waals surface area contributed by atoms with Crippen LogP contribution in [0.25, 0.3) is 0 Å². The highest BCUT2D eigenvalue weighted by Crippen LogP contribution is 2.15. The molecule has 0 aromatic heterocycles. The van der Waals surface area contributed by atoms with Crippen molar-refractivity contribution in [1.29, 1.82) is 0 Å². The molecule has 1 amide bonds. The van der Waals surface area contributed by atoms with Gasteiger partial charge in [-0.25, -0.2) is 0 Å². The first-order chi connectivity index (χ1) is 7.79. The van der Waals surface area contributed by atoms with E-state index >= 15 is 0 Å². The van der Waals surface area contributed by atoms with Gasteiger partial charge in [0.25, 0.3) is 5.91 Å². The predicted molar refractivity (Wildman–Crippen MR) is 64.3 cm³/mol.